The number of rotatable bonds is 9. The van der Waals surface area contributed by atoms with Crippen LogP contribution >= 0.6 is 0 Å². The number of hydrogen-bond acceptors (Lipinski definition) is 5. The van der Waals surface area contributed by atoms with Crippen molar-refractivity contribution in [3.63, 3.8) is 0 Å². The van der Waals surface area contributed by atoms with E-state index in [0.717, 1.165) is 4.90 Å². The first-order valence-corrected chi connectivity index (χ1v) is 8.90. The lowest BCUT2D eigenvalue weighted by Crippen LogP contribution is -2.54. The van der Waals surface area contributed by atoms with Crippen LogP contribution in [0, 0.1) is 5.92 Å². The Morgan fingerprint density at radius 2 is 1.63 bits per heavy atom. The van der Waals surface area contributed by atoms with Gasteiger partial charge in [0.15, 0.2) is 0 Å². The first-order chi connectivity index (χ1) is 12.8. The van der Waals surface area contributed by atoms with Gasteiger partial charge in [0.05, 0.1) is 11.1 Å². The predicted molar refractivity (Wildman–Crippen MR) is 96.1 cm³/mol. The van der Waals surface area contributed by atoms with Crippen LogP contribution in [0.3, 0.4) is 0 Å². The SMILES string of the molecule is CC(C)C(NC(=O)[C@H](CCCCO)N1C(=O)c2ccccc2C1=O)C(=O)O. The number of hydrogen-bond donors (Lipinski definition) is 3. The van der Waals surface area contributed by atoms with E-state index in [1.165, 1.54) is 12.1 Å². The maximum Gasteiger partial charge on any atom is 0.326 e. The number of carbonyl (C=O) groups is 4. The van der Waals surface area contributed by atoms with Gasteiger partial charge in [-0.1, -0.05) is 26.0 Å². The fraction of sp³-hybridized carbons (Fsp3) is 0.474. The molecule has 2 atom stereocenters. The minimum absolute atomic E-state index is 0.0831. The first kappa shape index (κ1) is 20.6. The van der Waals surface area contributed by atoms with Crippen LogP contribution < -0.4 is 5.32 Å². The third-order valence-electron chi connectivity index (χ3n) is 4.56. The molecule has 0 aromatic heterocycles. The van der Waals surface area contributed by atoms with Crippen LogP contribution in [0.5, 0.6) is 0 Å². The summed E-state index contributed by atoms with van der Waals surface area (Å²) in [5, 5.41) is 20.7. The second kappa shape index (κ2) is 8.77. The van der Waals surface area contributed by atoms with Crippen molar-refractivity contribution in [3.05, 3.63) is 35.4 Å². The molecule has 0 saturated carbocycles. The molecule has 3 amide bonds. The lowest BCUT2D eigenvalue weighted by Gasteiger charge is -2.27. The number of nitrogens with one attached hydrogen (secondary N) is 1. The normalized spacial score (nSPS) is 15.6. The number of benzene rings is 1. The summed E-state index contributed by atoms with van der Waals surface area (Å²) in [5.41, 5.74) is 0.446. The molecule has 0 fully saturated rings. The van der Waals surface area contributed by atoms with Crippen molar-refractivity contribution in [1.29, 1.82) is 0 Å². The predicted octanol–water partition coefficient (Wildman–Crippen LogP) is 1.04. The number of carboxylic acids is 1. The molecule has 1 aliphatic heterocycles. The number of aliphatic hydroxyl groups is 1. The summed E-state index contributed by atoms with van der Waals surface area (Å²) in [7, 11) is 0. The molecule has 0 aliphatic carbocycles. The number of aliphatic hydroxyl groups excluding tert-OH is 1. The zero-order chi connectivity index (χ0) is 20.1. The van der Waals surface area contributed by atoms with Crippen molar-refractivity contribution < 1.29 is 29.4 Å². The number of carbonyl (C=O) groups excluding carboxylic acids is 3. The van der Waals surface area contributed by atoms with E-state index < -0.39 is 35.8 Å². The van der Waals surface area contributed by atoms with Crippen LogP contribution in [-0.2, 0) is 9.59 Å². The Hall–Kier alpha value is -2.74. The quantitative estimate of drug-likeness (QED) is 0.437. The molecular weight excluding hydrogens is 352 g/mol. The Bertz CT molecular complexity index is 710. The number of aliphatic carboxylic acids is 1. The van der Waals surface area contributed by atoms with Gasteiger partial charge in [-0.05, 0) is 37.3 Å². The maximum absolute atomic E-state index is 12.8. The fourth-order valence-electron chi connectivity index (χ4n) is 3.08. The molecule has 8 heteroatoms. The van der Waals surface area contributed by atoms with Crippen LogP contribution in [0.25, 0.3) is 0 Å². The topological polar surface area (TPSA) is 124 Å². The highest BCUT2D eigenvalue weighted by Crippen LogP contribution is 2.26. The van der Waals surface area contributed by atoms with Gasteiger partial charge in [0.1, 0.15) is 12.1 Å². The summed E-state index contributed by atoms with van der Waals surface area (Å²) in [6, 6.07) is 4.04. The molecule has 8 nitrogen and oxygen atoms in total. The summed E-state index contributed by atoms with van der Waals surface area (Å²) in [6.07, 6.45) is 0.948. The van der Waals surface area contributed by atoms with E-state index in [0.29, 0.717) is 12.8 Å². The average molecular weight is 376 g/mol. The molecule has 3 N–H and O–H groups in total. The minimum Gasteiger partial charge on any atom is -0.480 e. The number of carboxylic acid groups (broad SMARTS) is 1. The van der Waals surface area contributed by atoms with Crippen LogP contribution in [0.15, 0.2) is 24.3 Å². The van der Waals surface area contributed by atoms with Crippen molar-refractivity contribution in [1.82, 2.24) is 10.2 Å². The molecule has 1 unspecified atom stereocenters. The molecule has 2 rings (SSSR count). The molecule has 27 heavy (non-hydrogen) atoms. The molecule has 146 valence electrons. The Morgan fingerprint density at radius 3 is 2.07 bits per heavy atom. The maximum atomic E-state index is 12.8. The highest BCUT2D eigenvalue weighted by Gasteiger charge is 2.43. The number of nitrogens with zero attached hydrogens (tertiary/aromatic N) is 1. The van der Waals surface area contributed by atoms with Crippen molar-refractivity contribution in [3.8, 4) is 0 Å². The van der Waals surface area contributed by atoms with E-state index >= 15 is 0 Å². The van der Waals surface area contributed by atoms with E-state index in [9.17, 15) is 24.3 Å². The monoisotopic (exact) mass is 376 g/mol. The molecule has 0 bridgehead atoms. The van der Waals surface area contributed by atoms with E-state index in [4.69, 9.17) is 5.11 Å². The Kier molecular flexibility index (Phi) is 6.68. The van der Waals surface area contributed by atoms with Gasteiger partial charge in [-0.3, -0.25) is 19.3 Å². The number of fused-ring (bicyclic) bond motifs is 1. The second-order valence-electron chi connectivity index (χ2n) is 6.83. The Morgan fingerprint density at radius 1 is 1.07 bits per heavy atom. The Labute approximate surface area is 157 Å². The summed E-state index contributed by atoms with van der Waals surface area (Å²) in [4.78, 5) is 50.5. The van der Waals surface area contributed by atoms with Crippen LogP contribution in [0.2, 0.25) is 0 Å². The van der Waals surface area contributed by atoms with E-state index in [1.54, 1.807) is 26.0 Å². The zero-order valence-electron chi connectivity index (χ0n) is 15.3. The smallest absolute Gasteiger partial charge is 0.326 e. The summed E-state index contributed by atoms with van der Waals surface area (Å²) < 4.78 is 0. The molecule has 0 saturated heterocycles. The van der Waals surface area contributed by atoms with Gasteiger partial charge in [0.25, 0.3) is 11.8 Å². The zero-order valence-corrected chi connectivity index (χ0v) is 15.3. The minimum atomic E-state index is -1.19. The molecule has 1 heterocycles. The fourth-order valence-corrected chi connectivity index (χ4v) is 3.08. The third-order valence-corrected chi connectivity index (χ3v) is 4.56. The van der Waals surface area contributed by atoms with Crippen LogP contribution in [-0.4, -0.2) is 57.5 Å². The molecule has 0 spiro atoms. The van der Waals surface area contributed by atoms with Gasteiger partial charge < -0.3 is 15.5 Å². The van der Waals surface area contributed by atoms with Gasteiger partial charge in [-0.25, -0.2) is 4.79 Å². The molecular formula is C19H24N2O6. The van der Waals surface area contributed by atoms with Crippen molar-refractivity contribution in [2.75, 3.05) is 6.61 Å². The van der Waals surface area contributed by atoms with Crippen molar-refractivity contribution in [2.24, 2.45) is 5.92 Å². The van der Waals surface area contributed by atoms with Crippen LogP contribution in [0.4, 0.5) is 0 Å². The third kappa shape index (κ3) is 4.33. The van der Waals surface area contributed by atoms with E-state index in [-0.39, 0.29) is 30.1 Å². The average Bonchev–Trinajstić information content (AvgIpc) is 2.87. The summed E-state index contributed by atoms with van der Waals surface area (Å²) >= 11 is 0. The van der Waals surface area contributed by atoms with Crippen molar-refractivity contribution >= 4 is 23.7 Å². The first-order valence-electron chi connectivity index (χ1n) is 8.90. The van der Waals surface area contributed by atoms with E-state index in [2.05, 4.69) is 5.32 Å². The lowest BCUT2D eigenvalue weighted by atomic mass is 10.0. The standard InChI is InChI=1S/C19H24N2O6/c1-11(2)15(19(26)27)20-16(23)14(9-5-6-10-22)21-17(24)12-7-3-4-8-13(12)18(21)25/h3-4,7-8,11,14-15,22H,5-6,9-10H2,1-2H3,(H,20,23)(H,26,27)/t14-,15?/m0/s1. The van der Waals surface area contributed by atoms with Gasteiger partial charge >= 0.3 is 5.97 Å². The highest BCUT2D eigenvalue weighted by molar-refractivity contribution is 6.22. The van der Waals surface area contributed by atoms with E-state index in [1.807, 2.05) is 0 Å². The summed E-state index contributed by atoms with van der Waals surface area (Å²) in [5.74, 6) is -3.39. The second-order valence-corrected chi connectivity index (χ2v) is 6.83. The molecule has 0 radical (unpaired) electrons. The summed E-state index contributed by atoms with van der Waals surface area (Å²) in [6.45, 7) is 3.23. The molecule has 1 aromatic rings. The number of imide groups is 1. The van der Waals surface area contributed by atoms with Gasteiger partial charge in [0, 0.05) is 6.61 Å². The molecule has 1 aromatic carbocycles. The number of unbranched alkanes of at least 4 members (excludes halogenated alkanes) is 1. The van der Waals surface area contributed by atoms with Crippen molar-refractivity contribution in [2.45, 2.75) is 45.2 Å². The van der Waals surface area contributed by atoms with Gasteiger partial charge in [-0.2, -0.15) is 0 Å². The van der Waals surface area contributed by atoms with Gasteiger partial charge in [0.2, 0.25) is 5.91 Å². The lowest BCUT2D eigenvalue weighted by molar-refractivity contribution is -0.143. The highest BCUT2D eigenvalue weighted by atomic mass is 16.4. The Balaban J connectivity index is 2.29. The number of amides is 3. The van der Waals surface area contributed by atoms with Crippen LogP contribution in [0.1, 0.15) is 53.8 Å². The largest absolute Gasteiger partial charge is 0.480 e. The van der Waals surface area contributed by atoms with Gasteiger partial charge in [-0.15, -0.1) is 0 Å². The molecule has 1 aliphatic rings.